The Labute approximate surface area is 353 Å². The zero-order chi connectivity index (χ0) is 42.8. The number of H-pyrrole nitrogens is 1. The van der Waals surface area contributed by atoms with Gasteiger partial charge in [-0.3, -0.25) is 14.4 Å². The Kier molecular flexibility index (Phi) is 14.7. The fourth-order valence-electron chi connectivity index (χ4n) is 8.26. The molecule has 1 aromatic heterocycles. The highest BCUT2D eigenvalue weighted by atomic mass is 16.6. The molecular weight excluding hydrogens is 759 g/mol. The number of anilines is 1. The highest BCUT2D eigenvalue weighted by Crippen LogP contribution is 2.30. The van der Waals surface area contributed by atoms with Gasteiger partial charge in [0.05, 0.1) is 0 Å². The van der Waals surface area contributed by atoms with Gasteiger partial charge in [0.1, 0.15) is 11.6 Å². The van der Waals surface area contributed by atoms with Crippen molar-refractivity contribution in [2.75, 3.05) is 25.5 Å². The minimum atomic E-state index is -0.839. The Morgan fingerprint density at radius 1 is 0.883 bits per heavy atom. The molecule has 2 fully saturated rings. The first kappa shape index (κ1) is 43.9. The van der Waals surface area contributed by atoms with E-state index in [1.54, 1.807) is 24.3 Å². The molecule has 4 aromatic rings. The number of hydrogen-bond donors (Lipinski definition) is 5. The predicted octanol–water partition coefficient (Wildman–Crippen LogP) is 6.83. The van der Waals surface area contributed by atoms with E-state index in [0.29, 0.717) is 42.5 Å². The van der Waals surface area contributed by atoms with Gasteiger partial charge in [0.2, 0.25) is 17.6 Å². The highest BCUT2D eigenvalue weighted by molar-refractivity contribution is 5.98. The van der Waals surface area contributed by atoms with Gasteiger partial charge in [-0.1, -0.05) is 37.3 Å². The minimum absolute atomic E-state index is 0.0372. The molecule has 2 saturated carbocycles. The molecule has 5 N–H and O–H groups in total. The van der Waals surface area contributed by atoms with Gasteiger partial charge in [0, 0.05) is 47.8 Å². The van der Waals surface area contributed by atoms with Gasteiger partial charge in [-0.05, 0) is 162 Å². The number of amides is 4. The largest absolute Gasteiger partial charge is 0.444 e. The minimum Gasteiger partial charge on any atom is -0.444 e. The zero-order valence-electron chi connectivity index (χ0n) is 35.8. The zero-order valence-corrected chi connectivity index (χ0v) is 35.8. The lowest BCUT2D eigenvalue weighted by Crippen LogP contribution is -2.48. The van der Waals surface area contributed by atoms with Crippen LogP contribution in [-0.2, 0) is 20.7 Å². The lowest BCUT2D eigenvalue weighted by atomic mass is 9.81. The first-order chi connectivity index (χ1) is 28.7. The molecule has 2 aliphatic rings. The van der Waals surface area contributed by atoms with Crippen LogP contribution in [0.25, 0.3) is 22.5 Å². The number of tetrazole rings is 1. The number of nitrogens with one attached hydrogen (secondary N) is 5. The van der Waals surface area contributed by atoms with Crippen LogP contribution in [0, 0.1) is 18.8 Å². The Hall–Kier alpha value is -5.63. The van der Waals surface area contributed by atoms with E-state index >= 15 is 0 Å². The third-order valence-electron chi connectivity index (χ3n) is 11.9. The third-order valence-corrected chi connectivity index (χ3v) is 11.9. The second kappa shape index (κ2) is 20.1. The number of carbonyl (C=O) groups is 4. The van der Waals surface area contributed by atoms with Gasteiger partial charge in [-0.2, -0.15) is 5.21 Å². The Bertz CT molecular complexity index is 2050. The molecule has 2 aliphatic carbocycles. The van der Waals surface area contributed by atoms with Crippen molar-refractivity contribution in [1.82, 2.24) is 41.5 Å². The van der Waals surface area contributed by atoms with Gasteiger partial charge in [0.25, 0.3) is 5.91 Å². The number of carbonyl (C=O) groups excluding carboxylic acids is 4. The maximum Gasteiger partial charge on any atom is 0.407 e. The molecule has 1 unspecified atom stereocenters. The Morgan fingerprint density at radius 3 is 2.18 bits per heavy atom. The molecule has 1 atom stereocenters. The molecule has 3 aromatic carbocycles. The van der Waals surface area contributed by atoms with E-state index in [9.17, 15) is 19.2 Å². The van der Waals surface area contributed by atoms with Crippen LogP contribution in [0.15, 0.2) is 66.7 Å². The van der Waals surface area contributed by atoms with E-state index in [0.717, 1.165) is 72.9 Å². The summed E-state index contributed by atoms with van der Waals surface area (Å²) in [5.41, 5.74) is 5.28. The Morgan fingerprint density at radius 2 is 1.57 bits per heavy atom. The monoisotopic (exact) mass is 819 g/mol. The van der Waals surface area contributed by atoms with Gasteiger partial charge in [-0.15, -0.1) is 10.2 Å². The van der Waals surface area contributed by atoms with Crippen molar-refractivity contribution in [3.8, 4) is 22.5 Å². The molecule has 6 rings (SSSR count). The van der Waals surface area contributed by atoms with Crippen molar-refractivity contribution in [3.63, 3.8) is 0 Å². The second-order valence-corrected chi connectivity index (χ2v) is 17.4. The lowest BCUT2D eigenvalue weighted by molar-refractivity contribution is -0.130. The van der Waals surface area contributed by atoms with E-state index in [-0.39, 0.29) is 42.0 Å². The quantitative estimate of drug-likeness (QED) is 0.0911. The van der Waals surface area contributed by atoms with Gasteiger partial charge in [-0.25, -0.2) is 4.79 Å². The smallest absolute Gasteiger partial charge is 0.407 e. The van der Waals surface area contributed by atoms with Gasteiger partial charge < -0.3 is 30.9 Å². The number of benzene rings is 3. The molecule has 320 valence electrons. The molecule has 14 heteroatoms. The summed E-state index contributed by atoms with van der Waals surface area (Å²) in [6.45, 7) is 11.2. The lowest BCUT2D eigenvalue weighted by Gasteiger charge is -2.34. The molecule has 0 aliphatic heterocycles. The number of aromatic amines is 1. The number of hydrogen-bond acceptors (Lipinski definition) is 9. The SMILES string of the molecule is CCN(C)C1CCC(NC(=O)c2ccc(-c3ccc(CC(NC(=O)C4CCC(CNC(=O)OC(C)(C)C)CC4)C(=O)Nc4ccc(-c5nn[nH]n5)cc4)cc3)c(C)c2)CC1. The van der Waals surface area contributed by atoms with Crippen LogP contribution in [-0.4, -0.2) is 93.2 Å². The molecule has 14 nitrogen and oxygen atoms in total. The first-order valence-electron chi connectivity index (χ1n) is 21.4. The molecule has 0 bridgehead atoms. The van der Waals surface area contributed by atoms with Crippen LogP contribution in [0.4, 0.5) is 10.5 Å². The number of aromatic nitrogens is 4. The van der Waals surface area contributed by atoms with Crippen molar-refractivity contribution in [3.05, 3.63) is 83.4 Å². The molecule has 1 heterocycles. The normalized spacial score (nSPS) is 19.9. The van der Waals surface area contributed by atoms with Crippen LogP contribution in [0.5, 0.6) is 0 Å². The summed E-state index contributed by atoms with van der Waals surface area (Å²) in [6.07, 6.45) is 6.88. The molecule has 0 radical (unpaired) electrons. The number of alkyl carbamates (subject to hydrolysis) is 1. The summed E-state index contributed by atoms with van der Waals surface area (Å²) in [6, 6.07) is 20.9. The van der Waals surface area contributed by atoms with E-state index in [1.165, 1.54) is 0 Å². The molecule has 0 spiro atoms. The summed E-state index contributed by atoms with van der Waals surface area (Å²) >= 11 is 0. The third kappa shape index (κ3) is 12.2. The average Bonchev–Trinajstić information content (AvgIpc) is 3.78. The number of aryl methyl sites for hydroxylation is 1. The van der Waals surface area contributed by atoms with Crippen LogP contribution in [0.1, 0.15) is 101 Å². The van der Waals surface area contributed by atoms with Crippen molar-refractivity contribution in [2.45, 2.75) is 116 Å². The van der Waals surface area contributed by atoms with Crippen LogP contribution < -0.4 is 21.3 Å². The summed E-state index contributed by atoms with van der Waals surface area (Å²) in [4.78, 5) is 55.4. The number of nitrogens with zero attached hydrogens (tertiary/aromatic N) is 4. The van der Waals surface area contributed by atoms with E-state index in [1.807, 2.05) is 70.2 Å². The fourth-order valence-corrected chi connectivity index (χ4v) is 8.26. The van der Waals surface area contributed by atoms with Gasteiger partial charge in [0.15, 0.2) is 0 Å². The van der Waals surface area contributed by atoms with Crippen LogP contribution in [0.3, 0.4) is 0 Å². The standard InChI is InChI=1S/C46H61N9O5/c1-7-55(6)38-23-21-37(22-24-38)48-43(57)35-18-25-39(29(2)26-35)32-12-8-30(9-13-32)27-40(44(58)49-36-19-16-33(17-20-36)41-51-53-54-52-41)50-42(56)34-14-10-31(11-15-34)28-47-45(59)60-46(3,4)5/h8-9,12-13,16-20,25-26,31,34,37-38,40H,7,10-11,14-15,21-24,27-28H2,1-6H3,(H,47,59)(H,48,57)(H,49,58)(H,50,56)(H,51,52,53,54). The van der Waals surface area contributed by atoms with Crippen molar-refractivity contribution < 1.29 is 23.9 Å². The second-order valence-electron chi connectivity index (χ2n) is 17.4. The highest BCUT2D eigenvalue weighted by Gasteiger charge is 2.31. The molecule has 60 heavy (non-hydrogen) atoms. The fraction of sp³-hybridized carbons (Fsp3) is 0.500. The average molecular weight is 820 g/mol. The van der Waals surface area contributed by atoms with Crippen molar-refractivity contribution in [1.29, 1.82) is 0 Å². The number of rotatable bonds is 14. The summed E-state index contributed by atoms with van der Waals surface area (Å²) in [7, 11) is 2.17. The van der Waals surface area contributed by atoms with Crippen molar-refractivity contribution in [2.24, 2.45) is 11.8 Å². The molecule has 4 amide bonds. The van der Waals surface area contributed by atoms with Crippen LogP contribution in [0.2, 0.25) is 0 Å². The maximum absolute atomic E-state index is 13.9. The van der Waals surface area contributed by atoms with Crippen LogP contribution >= 0.6 is 0 Å². The van der Waals surface area contributed by atoms with E-state index < -0.39 is 17.7 Å². The molecule has 0 saturated heterocycles. The summed E-state index contributed by atoms with van der Waals surface area (Å²) in [5, 5.41) is 26.3. The summed E-state index contributed by atoms with van der Waals surface area (Å²) < 4.78 is 5.37. The predicted molar refractivity (Wildman–Crippen MR) is 232 cm³/mol. The molecular formula is C46H61N9O5. The number of ether oxygens (including phenoxy) is 1. The summed E-state index contributed by atoms with van der Waals surface area (Å²) in [5.74, 6) is -0.0860. The maximum atomic E-state index is 13.9. The van der Waals surface area contributed by atoms with E-state index in [2.05, 4.69) is 60.8 Å². The first-order valence-corrected chi connectivity index (χ1v) is 21.4. The van der Waals surface area contributed by atoms with E-state index in [4.69, 9.17) is 4.74 Å². The van der Waals surface area contributed by atoms with Crippen molar-refractivity contribution >= 4 is 29.5 Å². The topological polar surface area (TPSA) is 183 Å². The Balaban J connectivity index is 1.08. The van der Waals surface area contributed by atoms with Gasteiger partial charge >= 0.3 is 6.09 Å².